The number of nitrogens with one attached hydrogen (secondary N) is 1. The van der Waals surface area contributed by atoms with Crippen molar-refractivity contribution in [2.24, 2.45) is 0 Å². The lowest BCUT2D eigenvalue weighted by atomic mass is 10.2. The fourth-order valence-corrected chi connectivity index (χ4v) is 3.07. The molecule has 1 aliphatic heterocycles. The maximum atomic E-state index is 12.4. The third kappa shape index (κ3) is 3.55. The molecule has 2 aromatic carbocycles. The maximum Gasteiger partial charge on any atom is 0.274 e. The van der Waals surface area contributed by atoms with E-state index < -0.39 is 0 Å². The number of hydrogen-bond donors (Lipinski definition) is 1. The van der Waals surface area contributed by atoms with Gasteiger partial charge in [0.15, 0.2) is 11.5 Å². The quantitative estimate of drug-likeness (QED) is 0.690. The van der Waals surface area contributed by atoms with Crippen LogP contribution in [0.4, 0.5) is 0 Å². The number of para-hydroxylation sites is 2. The maximum absolute atomic E-state index is 12.4. The van der Waals surface area contributed by atoms with Crippen LogP contribution in [0.3, 0.4) is 0 Å². The fraction of sp³-hybridized carbons (Fsp3) is 0.300. The standard InChI is InChI=1S/C20H21N3O3/c24-20-17-7-2-1-6-15(17)12-22-23(20)11-5-10-21-13-16-14-25-18-8-3-4-9-19(18)26-16/h1-4,6-9,12,16,21H,5,10-11,13-14H2. The van der Waals surface area contributed by atoms with Gasteiger partial charge in [0.25, 0.3) is 5.56 Å². The summed E-state index contributed by atoms with van der Waals surface area (Å²) in [5, 5.41) is 9.20. The zero-order valence-corrected chi connectivity index (χ0v) is 14.4. The zero-order chi connectivity index (χ0) is 17.8. The van der Waals surface area contributed by atoms with Crippen molar-refractivity contribution in [3.63, 3.8) is 0 Å². The molecule has 1 atom stereocenters. The van der Waals surface area contributed by atoms with E-state index in [2.05, 4.69) is 10.4 Å². The molecule has 4 rings (SSSR count). The Balaban J connectivity index is 1.25. The van der Waals surface area contributed by atoms with Crippen LogP contribution in [-0.4, -0.2) is 35.6 Å². The molecule has 0 bridgehead atoms. The summed E-state index contributed by atoms with van der Waals surface area (Å²) in [6, 6.07) is 15.2. The molecule has 0 radical (unpaired) electrons. The van der Waals surface area contributed by atoms with Gasteiger partial charge in [0.05, 0.1) is 11.6 Å². The summed E-state index contributed by atoms with van der Waals surface area (Å²) in [7, 11) is 0. The van der Waals surface area contributed by atoms with E-state index in [1.54, 1.807) is 6.20 Å². The molecule has 6 nitrogen and oxygen atoms in total. The molecule has 1 aromatic heterocycles. The average molecular weight is 351 g/mol. The van der Waals surface area contributed by atoms with Gasteiger partial charge in [-0.05, 0) is 31.2 Å². The van der Waals surface area contributed by atoms with Gasteiger partial charge in [-0.1, -0.05) is 30.3 Å². The first kappa shape index (κ1) is 16.6. The van der Waals surface area contributed by atoms with Crippen LogP contribution >= 0.6 is 0 Å². The first-order chi connectivity index (χ1) is 12.8. The molecule has 134 valence electrons. The molecule has 26 heavy (non-hydrogen) atoms. The van der Waals surface area contributed by atoms with Gasteiger partial charge in [-0.3, -0.25) is 4.79 Å². The van der Waals surface area contributed by atoms with Gasteiger partial charge in [-0.25, -0.2) is 4.68 Å². The Kier molecular flexibility index (Phi) is 4.84. The summed E-state index contributed by atoms with van der Waals surface area (Å²) in [5.41, 5.74) is -0.0382. The molecule has 6 heteroatoms. The summed E-state index contributed by atoms with van der Waals surface area (Å²) in [5.74, 6) is 1.59. The predicted molar refractivity (Wildman–Crippen MR) is 99.8 cm³/mol. The van der Waals surface area contributed by atoms with Gasteiger partial charge in [-0.15, -0.1) is 0 Å². The lowest BCUT2D eigenvalue weighted by Gasteiger charge is -2.26. The highest BCUT2D eigenvalue weighted by Crippen LogP contribution is 2.30. The Bertz CT molecular complexity index is 954. The number of nitrogens with zero attached hydrogens (tertiary/aromatic N) is 2. The van der Waals surface area contributed by atoms with Crippen LogP contribution < -0.4 is 20.3 Å². The van der Waals surface area contributed by atoms with E-state index >= 15 is 0 Å². The Hall–Kier alpha value is -2.86. The second-order valence-corrected chi connectivity index (χ2v) is 6.32. The van der Waals surface area contributed by atoms with Crippen LogP contribution in [0.2, 0.25) is 0 Å². The molecule has 1 unspecified atom stereocenters. The summed E-state index contributed by atoms with van der Waals surface area (Å²) >= 11 is 0. The summed E-state index contributed by atoms with van der Waals surface area (Å²) in [6.07, 6.45) is 2.55. The molecule has 0 saturated heterocycles. The van der Waals surface area contributed by atoms with Crippen LogP contribution in [0.25, 0.3) is 10.8 Å². The molecule has 1 aliphatic rings. The van der Waals surface area contributed by atoms with Crippen LogP contribution in [0.5, 0.6) is 11.5 Å². The van der Waals surface area contributed by atoms with Crippen LogP contribution in [-0.2, 0) is 6.54 Å². The van der Waals surface area contributed by atoms with E-state index in [0.717, 1.165) is 29.9 Å². The molecule has 1 N–H and O–H groups in total. The van der Waals surface area contributed by atoms with Crippen LogP contribution in [0, 0.1) is 0 Å². The second kappa shape index (κ2) is 7.58. The number of ether oxygens (including phenoxy) is 2. The smallest absolute Gasteiger partial charge is 0.274 e. The minimum Gasteiger partial charge on any atom is -0.486 e. The number of hydrogen-bond acceptors (Lipinski definition) is 5. The summed E-state index contributed by atoms with van der Waals surface area (Å²) < 4.78 is 13.1. The van der Waals surface area contributed by atoms with Gasteiger partial charge >= 0.3 is 0 Å². The van der Waals surface area contributed by atoms with Gasteiger partial charge in [0.2, 0.25) is 0 Å². The van der Waals surface area contributed by atoms with Crippen molar-refractivity contribution in [3.05, 3.63) is 65.1 Å². The van der Waals surface area contributed by atoms with E-state index in [0.29, 0.717) is 25.1 Å². The number of rotatable bonds is 6. The van der Waals surface area contributed by atoms with Gasteiger partial charge in [0, 0.05) is 18.5 Å². The molecule has 2 heterocycles. The topological polar surface area (TPSA) is 65.4 Å². The Morgan fingerprint density at radius 2 is 1.92 bits per heavy atom. The van der Waals surface area contributed by atoms with Gasteiger partial charge < -0.3 is 14.8 Å². The van der Waals surface area contributed by atoms with Crippen molar-refractivity contribution in [2.75, 3.05) is 19.7 Å². The summed E-state index contributed by atoms with van der Waals surface area (Å²) in [6.45, 7) is 2.61. The molecule has 0 aliphatic carbocycles. The fourth-order valence-electron chi connectivity index (χ4n) is 3.07. The molecule has 0 spiro atoms. The van der Waals surface area contributed by atoms with E-state index in [1.807, 2.05) is 48.5 Å². The third-order valence-corrected chi connectivity index (χ3v) is 4.42. The first-order valence-electron chi connectivity index (χ1n) is 8.85. The summed E-state index contributed by atoms with van der Waals surface area (Å²) in [4.78, 5) is 12.4. The van der Waals surface area contributed by atoms with Gasteiger partial charge in [0.1, 0.15) is 12.7 Å². The average Bonchev–Trinajstić information content (AvgIpc) is 2.69. The minimum atomic E-state index is -0.0382. The monoisotopic (exact) mass is 351 g/mol. The number of fused-ring (bicyclic) bond motifs is 2. The van der Waals surface area contributed by atoms with E-state index in [1.165, 1.54) is 4.68 Å². The highest BCUT2D eigenvalue weighted by atomic mass is 16.6. The molecule has 0 saturated carbocycles. The number of aromatic nitrogens is 2. The SMILES string of the molecule is O=c1c2ccccc2cnn1CCCNCC1COc2ccccc2O1. The van der Waals surface area contributed by atoms with Gasteiger partial charge in [-0.2, -0.15) is 5.10 Å². The Morgan fingerprint density at radius 1 is 1.12 bits per heavy atom. The molecule has 0 amide bonds. The highest BCUT2D eigenvalue weighted by Gasteiger charge is 2.19. The second-order valence-electron chi connectivity index (χ2n) is 6.32. The lowest BCUT2D eigenvalue weighted by Crippen LogP contribution is -2.39. The van der Waals surface area contributed by atoms with Crippen molar-refractivity contribution in [3.8, 4) is 11.5 Å². The van der Waals surface area contributed by atoms with Crippen molar-refractivity contribution in [2.45, 2.75) is 19.1 Å². The molecular formula is C20H21N3O3. The Labute approximate surface area is 151 Å². The van der Waals surface area contributed by atoms with E-state index in [9.17, 15) is 4.79 Å². The molecular weight excluding hydrogens is 330 g/mol. The number of benzene rings is 2. The third-order valence-electron chi connectivity index (χ3n) is 4.42. The zero-order valence-electron chi connectivity index (χ0n) is 14.4. The first-order valence-corrected chi connectivity index (χ1v) is 8.85. The van der Waals surface area contributed by atoms with Crippen molar-refractivity contribution in [1.82, 2.24) is 15.1 Å². The van der Waals surface area contributed by atoms with Crippen molar-refractivity contribution in [1.29, 1.82) is 0 Å². The lowest BCUT2D eigenvalue weighted by molar-refractivity contribution is 0.0904. The Morgan fingerprint density at radius 3 is 2.85 bits per heavy atom. The van der Waals surface area contributed by atoms with Crippen LogP contribution in [0.1, 0.15) is 6.42 Å². The largest absolute Gasteiger partial charge is 0.486 e. The normalized spacial score (nSPS) is 15.9. The predicted octanol–water partition coefficient (Wildman–Crippen LogP) is 2.22. The molecule has 3 aromatic rings. The molecule has 0 fully saturated rings. The van der Waals surface area contributed by atoms with Crippen molar-refractivity contribution >= 4 is 10.8 Å². The van der Waals surface area contributed by atoms with Crippen molar-refractivity contribution < 1.29 is 9.47 Å². The highest BCUT2D eigenvalue weighted by molar-refractivity contribution is 5.80. The van der Waals surface area contributed by atoms with Crippen LogP contribution in [0.15, 0.2) is 59.5 Å². The number of aryl methyl sites for hydroxylation is 1. The van der Waals surface area contributed by atoms with E-state index in [-0.39, 0.29) is 11.7 Å². The van der Waals surface area contributed by atoms with E-state index in [4.69, 9.17) is 9.47 Å². The minimum absolute atomic E-state index is 0.00795.